The third kappa shape index (κ3) is 6.63. The number of carboxylic acid groups (broad SMARTS) is 1. The average Bonchev–Trinajstić information content (AvgIpc) is 3.40. The van der Waals surface area contributed by atoms with Gasteiger partial charge in [-0.1, -0.05) is 47.5 Å². The van der Waals surface area contributed by atoms with E-state index in [4.69, 9.17) is 33.2 Å². The fraction of sp³-hybridized carbons (Fsp3) is 0.267. The third-order valence-electron chi connectivity index (χ3n) is 7.29. The molecule has 1 heterocycles. The van der Waals surface area contributed by atoms with E-state index in [2.05, 4.69) is 5.32 Å². The molecule has 6 nitrogen and oxygen atoms in total. The van der Waals surface area contributed by atoms with E-state index in [1.807, 2.05) is 12.1 Å². The molecular formula is C30H24Cl2F3N3O3. The number of benzene rings is 3. The number of hydrogen-bond donors (Lipinski definition) is 2. The van der Waals surface area contributed by atoms with Gasteiger partial charge in [0.2, 0.25) is 0 Å². The Hall–Kier alpha value is -3.69. The van der Waals surface area contributed by atoms with Crippen molar-refractivity contribution in [2.24, 2.45) is 11.8 Å². The van der Waals surface area contributed by atoms with Crippen LogP contribution in [0.25, 0.3) is 22.3 Å². The van der Waals surface area contributed by atoms with Crippen LogP contribution in [0.1, 0.15) is 46.9 Å². The van der Waals surface area contributed by atoms with Crippen molar-refractivity contribution in [3.05, 3.63) is 93.6 Å². The molecule has 3 aromatic carbocycles. The van der Waals surface area contributed by atoms with Gasteiger partial charge in [0.15, 0.2) is 6.04 Å². The first-order valence-electron chi connectivity index (χ1n) is 12.9. The summed E-state index contributed by atoms with van der Waals surface area (Å²) in [6.07, 6.45) is -2.46. The van der Waals surface area contributed by atoms with Crippen LogP contribution < -0.4 is 5.32 Å². The highest BCUT2D eigenvalue weighted by Crippen LogP contribution is 2.36. The Morgan fingerprint density at radius 3 is 2.20 bits per heavy atom. The number of aliphatic carboxylic acids is 1. The second-order valence-electron chi connectivity index (χ2n) is 10.1. The molecule has 1 aliphatic carbocycles. The van der Waals surface area contributed by atoms with Crippen LogP contribution in [-0.2, 0) is 11.2 Å². The Kier molecular flexibility index (Phi) is 8.20. The summed E-state index contributed by atoms with van der Waals surface area (Å²) in [5, 5.41) is 12.3. The van der Waals surface area contributed by atoms with Crippen molar-refractivity contribution >= 4 is 46.1 Å². The molecule has 1 saturated carbocycles. The quantitative estimate of drug-likeness (QED) is 0.227. The van der Waals surface area contributed by atoms with Crippen molar-refractivity contribution in [3.63, 3.8) is 0 Å². The van der Waals surface area contributed by atoms with Crippen LogP contribution >= 0.6 is 23.2 Å². The zero-order valence-corrected chi connectivity index (χ0v) is 23.0. The van der Waals surface area contributed by atoms with Crippen molar-refractivity contribution in [2.75, 3.05) is 0 Å². The predicted octanol–water partition coefficient (Wildman–Crippen LogP) is 7.68. The van der Waals surface area contributed by atoms with E-state index >= 15 is 0 Å². The van der Waals surface area contributed by atoms with Crippen LogP contribution in [0.4, 0.5) is 13.2 Å². The number of nitrogens with zero attached hydrogens (tertiary/aromatic N) is 2. The van der Waals surface area contributed by atoms with Crippen LogP contribution in [0.15, 0.2) is 66.7 Å². The minimum atomic E-state index is -4.74. The van der Waals surface area contributed by atoms with Gasteiger partial charge in [0.05, 0.1) is 28.3 Å². The van der Waals surface area contributed by atoms with E-state index in [1.54, 1.807) is 18.2 Å². The Morgan fingerprint density at radius 2 is 1.59 bits per heavy atom. The summed E-state index contributed by atoms with van der Waals surface area (Å²) >= 11 is 11.9. The number of rotatable bonds is 7. The van der Waals surface area contributed by atoms with E-state index in [9.17, 15) is 27.9 Å². The molecule has 0 radical (unpaired) electrons. The molecule has 4 aromatic rings. The van der Waals surface area contributed by atoms with E-state index < -0.39 is 30.0 Å². The molecule has 0 spiro atoms. The minimum absolute atomic E-state index is 0.00739. The molecule has 2 unspecified atom stereocenters. The Labute approximate surface area is 243 Å². The second-order valence-corrected chi connectivity index (χ2v) is 11.0. The lowest BCUT2D eigenvalue weighted by atomic mass is 9.96. The highest BCUT2D eigenvalue weighted by molar-refractivity contribution is 6.30. The lowest BCUT2D eigenvalue weighted by Crippen LogP contribution is -2.38. The largest absolute Gasteiger partial charge is 0.481 e. The third-order valence-corrected chi connectivity index (χ3v) is 7.80. The Bertz CT molecular complexity index is 1600. The molecule has 212 valence electrons. The summed E-state index contributed by atoms with van der Waals surface area (Å²) in [6.45, 7) is 0. The number of amides is 1. The molecular weight excluding hydrogens is 578 g/mol. The zero-order chi connectivity index (χ0) is 29.3. The number of carbonyl (C=O) groups excluding carboxylic acids is 1. The standard InChI is InChI=1S/C30H24Cl2F3N3O3/c31-21-8-3-17(4-9-21)26-25(14-16-1-2-20(13-16)29(40)41)36-24-15-19(7-12-23(24)37-26)28(39)38-27(30(33,34)35)18-5-10-22(32)11-6-18/h3-12,15-16,20,27H,1-2,13-14H2,(H,38,39)(H,40,41)/t16?,20?,27-/m1/s1. The van der Waals surface area contributed by atoms with Gasteiger partial charge in [-0.15, -0.1) is 0 Å². The maximum atomic E-state index is 13.9. The van der Waals surface area contributed by atoms with E-state index in [-0.39, 0.29) is 22.1 Å². The fourth-order valence-electron chi connectivity index (χ4n) is 5.20. The monoisotopic (exact) mass is 601 g/mol. The van der Waals surface area contributed by atoms with Crippen molar-refractivity contribution in [3.8, 4) is 11.3 Å². The molecule has 2 N–H and O–H groups in total. The van der Waals surface area contributed by atoms with Crippen molar-refractivity contribution in [1.29, 1.82) is 0 Å². The molecule has 3 atom stereocenters. The van der Waals surface area contributed by atoms with Crippen LogP contribution in [0.2, 0.25) is 10.0 Å². The molecule has 5 rings (SSSR count). The van der Waals surface area contributed by atoms with Gasteiger partial charge in [0.1, 0.15) is 0 Å². The molecule has 1 fully saturated rings. The maximum absolute atomic E-state index is 13.9. The number of halogens is 5. The molecule has 1 aliphatic rings. The van der Waals surface area contributed by atoms with Gasteiger partial charge < -0.3 is 10.4 Å². The number of nitrogens with one attached hydrogen (secondary N) is 1. The first kappa shape index (κ1) is 28.8. The SMILES string of the molecule is O=C(N[C@H](c1ccc(Cl)cc1)C(F)(F)F)c1ccc2nc(-c3ccc(Cl)cc3)c(CC3CCC(C(=O)O)C3)nc2c1. The normalized spacial score (nSPS) is 17.9. The maximum Gasteiger partial charge on any atom is 0.412 e. The van der Waals surface area contributed by atoms with Crippen LogP contribution in [0, 0.1) is 11.8 Å². The van der Waals surface area contributed by atoms with Gasteiger partial charge >= 0.3 is 12.1 Å². The lowest BCUT2D eigenvalue weighted by Gasteiger charge is -2.22. The van der Waals surface area contributed by atoms with Crippen LogP contribution in [-0.4, -0.2) is 33.1 Å². The van der Waals surface area contributed by atoms with Gasteiger partial charge in [-0.25, -0.2) is 9.97 Å². The van der Waals surface area contributed by atoms with Gasteiger partial charge in [-0.05, 0) is 79.6 Å². The van der Waals surface area contributed by atoms with E-state index in [1.165, 1.54) is 36.4 Å². The van der Waals surface area contributed by atoms with Gasteiger partial charge in [0, 0.05) is 21.2 Å². The molecule has 0 saturated heterocycles. The number of aromatic nitrogens is 2. The predicted molar refractivity (Wildman–Crippen MR) is 150 cm³/mol. The Morgan fingerprint density at radius 1 is 0.927 bits per heavy atom. The summed E-state index contributed by atoms with van der Waals surface area (Å²) in [7, 11) is 0. The molecule has 1 aromatic heterocycles. The summed E-state index contributed by atoms with van der Waals surface area (Å²) in [4.78, 5) is 34.1. The van der Waals surface area contributed by atoms with E-state index in [0.717, 1.165) is 12.0 Å². The number of hydrogen-bond acceptors (Lipinski definition) is 4. The molecule has 41 heavy (non-hydrogen) atoms. The summed E-state index contributed by atoms with van der Waals surface area (Å²) in [5.41, 5.74) is 2.62. The topological polar surface area (TPSA) is 92.2 Å². The highest BCUT2D eigenvalue weighted by Gasteiger charge is 2.42. The fourth-order valence-corrected chi connectivity index (χ4v) is 5.45. The van der Waals surface area contributed by atoms with Gasteiger partial charge in [0.25, 0.3) is 5.91 Å². The van der Waals surface area contributed by atoms with Crippen molar-refractivity contribution < 1.29 is 27.9 Å². The smallest absolute Gasteiger partial charge is 0.412 e. The van der Waals surface area contributed by atoms with Crippen LogP contribution in [0.3, 0.4) is 0 Å². The minimum Gasteiger partial charge on any atom is -0.481 e. The second kappa shape index (κ2) is 11.7. The molecule has 1 amide bonds. The molecule has 0 aliphatic heterocycles. The number of carboxylic acids is 1. The van der Waals surface area contributed by atoms with Gasteiger partial charge in [-0.2, -0.15) is 13.2 Å². The first-order chi connectivity index (χ1) is 19.5. The summed E-state index contributed by atoms with van der Waals surface area (Å²) in [5.74, 6) is -2.08. The van der Waals surface area contributed by atoms with Crippen molar-refractivity contribution in [2.45, 2.75) is 37.9 Å². The zero-order valence-electron chi connectivity index (χ0n) is 21.5. The molecule has 11 heteroatoms. The first-order valence-corrected chi connectivity index (χ1v) is 13.7. The number of fused-ring (bicyclic) bond motifs is 1. The van der Waals surface area contributed by atoms with Crippen molar-refractivity contribution in [1.82, 2.24) is 15.3 Å². The van der Waals surface area contributed by atoms with Crippen LogP contribution in [0.5, 0.6) is 0 Å². The number of carbonyl (C=O) groups is 2. The lowest BCUT2D eigenvalue weighted by molar-refractivity contribution is -0.155. The van der Waals surface area contributed by atoms with E-state index in [0.29, 0.717) is 46.7 Å². The average molecular weight is 602 g/mol. The summed E-state index contributed by atoms with van der Waals surface area (Å²) < 4.78 is 41.6. The molecule has 0 bridgehead atoms. The summed E-state index contributed by atoms with van der Waals surface area (Å²) in [6, 6.07) is 14.3. The Balaban J connectivity index is 1.48. The number of alkyl halides is 3. The van der Waals surface area contributed by atoms with Gasteiger partial charge in [-0.3, -0.25) is 9.59 Å². The highest BCUT2D eigenvalue weighted by atomic mass is 35.5.